The fourth-order valence-electron chi connectivity index (χ4n) is 4.58. The summed E-state index contributed by atoms with van der Waals surface area (Å²) in [6.07, 6.45) is 7.77. The highest BCUT2D eigenvalue weighted by Gasteiger charge is 2.31. The number of aromatic amines is 1. The first-order valence-electron chi connectivity index (χ1n) is 11.5. The topological polar surface area (TPSA) is 103 Å². The molecule has 1 amide bonds. The smallest absolute Gasteiger partial charge is 0.256 e. The fourth-order valence-corrected chi connectivity index (χ4v) is 4.58. The summed E-state index contributed by atoms with van der Waals surface area (Å²) >= 11 is 0. The van der Waals surface area contributed by atoms with Gasteiger partial charge < -0.3 is 10.3 Å². The van der Waals surface area contributed by atoms with Crippen molar-refractivity contribution in [1.29, 1.82) is 5.26 Å². The average Bonchev–Trinajstić information content (AvgIpc) is 3.53. The third-order valence-electron chi connectivity index (χ3n) is 6.58. The monoisotopic (exact) mass is 453 g/mol. The van der Waals surface area contributed by atoms with Gasteiger partial charge in [0.1, 0.15) is 12.4 Å². The minimum Gasteiger partial charge on any atom is -0.357 e. The first-order chi connectivity index (χ1) is 16.4. The number of rotatable bonds is 6. The van der Waals surface area contributed by atoms with Gasteiger partial charge in [-0.15, -0.1) is 0 Å². The van der Waals surface area contributed by atoms with Crippen LogP contribution in [-0.4, -0.2) is 42.6 Å². The van der Waals surface area contributed by atoms with Gasteiger partial charge >= 0.3 is 0 Å². The molecule has 4 aromatic rings. The second-order valence-electron chi connectivity index (χ2n) is 9.41. The molecule has 1 aliphatic heterocycles. The van der Waals surface area contributed by atoms with E-state index in [9.17, 15) is 4.79 Å². The number of carbonyl (C=O) groups is 1. The van der Waals surface area contributed by atoms with Crippen LogP contribution in [0.25, 0.3) is 22.0 Å². The molecule has 8 nitrogen and oxygen atoms in total. The van der Waals surface area contributed by atoms with E-state index in [0.29, 0.717) is 11.4 Å². The number of aromatic nitrogens is 4. The van der Waals surface area contributed by atoms with Crippen LogP contribution in [0.1, 0.15) is 42.7 Å². The summed E-state index contributed by atoms with van der Waals surface area (Å²) in [6.45, 7) is 6.79. The van der Waals surface area contributed by atoms with E-state index in [1.807, 2.05) is 24.4 Å². The minimum atomic E-state index is -0.218. The number of hydrogen-bond donors (Lipinski definition) is 2. The van der Waals surface area contributed by atoms with Crippen LogP contribution < -0.4 is 5.32 Å². The number of likely N-dealkylation sites (tertiary alicyclic amines) is 1. The number of anilines is 1. The van der Waals surface area contributed by atoms with Crippen LogP contribution in [0.5, 0.6) is 0 Å². The predicted octanol–water partition coefficient (Wildman–Crippen LogP) is 4.58. The number of amides is 1. The second-order valence-corrected chi connectivity index (χ2v) is 9.41. The lowest BCUT2D eigenvalue weighted by atomic mass is 10.0. The first-order valence-corrected chi connectivity index (χ1v) is 11.5. The number of hydrogen-bond acceptors (Lipinski definition) is 5. The zero-order valence-corrected chi connectivity index (χ0v) is 19.4. The number of carbonyl (C=O) groups excluding carboxylic acids is 1. The molecule has 1 fully saturated rings. The van der Waals surface area contributed by atoms with Gasteiger partial charge in [0.05, 0.1) is 17.8 Å². The number of nitrogens with zero attached hydrogens (tertiary/aromatic N) is 5. The van der Waals surface area contributed by atoms with E-state index in [-0.39, 0.29) is 18.0 Å². The van der Waals surface area contributed by atoms with Gasteiger partial charge in [0.2, 0.25) is 0 Å². The molecule has 2 N–H and O–H groups in total. The van der Waals surface area contributed by atoms with E-state index >= 15 is 0 Å². The fraction of sp³-hybridized carbons (Fsp3) is 0.308. The van der Waals surface area contributed by atoms with E-state index in [1.165, 1.54) is 12.8 Å². The van der Waals surface area contributed by atoms with Crippen molar-refractivity contribution in [3.63, 3.8) is 0 Å². The Hall–Kier alpha value is -3.96. The molecule has 1 aliphatic rings. The lowest BCUT2D eigenvalue weighted by Gasteiger charge is -2.31. The Labute approximate surface area is 198 Å². The SMILES string of the molecule is CC1(C)CCCN1Cc1cc2cnc(NC(=O)c3ccc(-c4cnn(CC#N)c4)cc3)cc2[nH]1. The molecule has 172 valence electrons. The van der Waals surface area contributed by atoms with Crippen LogP contribution in [0.3, 0.4) is 0 Å². The van der Waals surface area contributed by atoms with Gasteiger partial charge in [-0.25, -0.2) is 4.98 Å². The van der Waals surface area contributed by atoms with Crippen LogP contribution in [0.2, 0.25) is 0 Å². The van der Waals surface area contributed by atoms with Crippen molar-refractivity contribution >= 4 is 22.6 Å². The summed E-state index contributed by atoms with van der Waals surface area (Å²) in [5.74, 6) is 0.290. The maximum Gasteiger partial charge on any atom is 0.256 e. The van der Waals surface area contributed by atoms with Crippen molar-refractivity contribution in [2.45, 2.75) is 45.3 Å². The highest BCUT2D eigenvalue weighted by Crippen LogP contribution is 2.30. The average molecular weight is 454 g/mol. The second kappa shape index (κ2) is 8.76. The molecule has 0 radical (unpaired) electrons. The molecule has 34 heavy (non-hydrogen) atoms. The number of fused-ring (bicyclic) bond motifs is 1. The van der Waals surface area contributed by atoms with Crippen LogP contribution in [-0.2, 0) is 13.1 Å². The molecular weight excluding hydrogens is 426 g/mol. The number of H-pyrrole nitrogens is 1. The Morgan fingerprint density at radius 3 is 2.76 bits per heavy atom. The molecule has 0 saturated carbocycles. The molecule has 3 aromatic heterocycles. The molecule has 8 heteroatoms. The quantitative estimate of drug-likeness (QED) is 0.445. The van der Waals surface area contributed by atoms with E-state index in [2.05, 4.69) is 51.3 Å². The van der Waals surface area contributed by atoms with Gasteiger partial charge in [0.25, 0.3) is 5.91 Å². The molecule has 0 aliphatic carbocycles. The molecule has 5 rings (SSSR count). The van der Waals surface area contributed by atoms with Gasteiger partial charge in [-0.05, 0) is 57.0 Å². The highest BCUT2D eigenvalue weighted by molar-refractivity contribution is 6.04. The summed E-state index contributed by atoms with van der Waals surface area (Å²) in [7, 11) is 0. The zero-order valence-electron chi connectivity index (χ0n) is 19.4. The molecular formula is C26H27N7O. The lowest BCUT2D eigenvalue weighted by molar-refractivity contribution is 0.102. The normalized spacial score (nSPS) is 15.4. The van der Waals surface area contributed by atoms with Crippen molar-refractivity contribution in [3.8, 4) is 17.2 Å². The van der Waals surface area contributed by atoms with Gasteiger partial charge in [0.15, 0.2) is 0 Å². The summed E-state index contributed by atoms with van der Waals surface area (Å²) in [5.41, 5.74) is 4.71. The molecule has 0 atom stereocenters. The third-order valence-corrected chi connectivity index (χ3v) is 6.58. The molecule has 0 bridgehead atoms. The highest BCUT2D eigenvalue weighted by atomic mass is 16.1. The van der Waals surface area contributed by atoms with E-state index in [0.717, 1.165) is 40.8 Å². The van der Waals surface area contributed by atoms with Gasteiger partial charge in [-0.1, -0.05) is 12.1 Å². The predicted molar refractivity (Wildman–Crippen MR) is 131 cm³/mol. The first kappa shape index (κ1) is 21.9. The molecule has 1 aromatic carbocycles. The Morgan fingerprint density at radius 1 is 1.21 bits per heavy atom. The van der Waals surface area contributed by atoms with Crippen LogP contribution >= 0.6 is 0 Å². The van der Waals surface area contributed by atoms with Crippen LogP contribution in [0.4, 0.5) is 5.82 Å². The summed E-state index contributed by atoms with van der Waals surface area (Å²) in [6, 6.07) is 13.4. The Balaban J connectivity index is 1.27. The molecule has 0 unspecified atom stereocenters. The molecule has 1 saturated heterocycles. The Morgan fingerprint density at radius 2 is 2.03 bits per heavy atom. The number of benzene rings is 1. The van der Waals surface area contributed by atoms with Crippen LogP contribution in [0, 0.1) is 11.3 Å². The third kappa shape index (κ3) is 4.43. The van der Waals surface area contributed by atoms with Crippen molar-refractivity contribution < 1.29 is 4.79 Å². The number of nitriles is 1. The Kier molecular flexibility index (Phi) is 5.64. The Bertz CT molecular complexity index is 1370. The standard InChI is InChI=1S/C26H27N7O/c1-26(2)8-3-10-32(26)17-22-12-20-14-28-24(13-23(20)30-22)31-25(34)19-6-4-18(5-7-19)21-15-29-33(16-21)11-9-27/h4-7,12-16,30H,3,8,10-11,17H2,1-2H3,(H,28,31,34). The van der Waals surface area contributed by atoms with Crippen molar-refractivity contribution in [2.75, 3.05) is 11.9 Å². The van der Waals surface area contributed by atoms with Gasteiger partial charge in [0, 0.05) is 52.8 Å². The molecule has 0 spiro atoms. The van der Waals surface area contributed by atoms with Crippen LogP contribution in [0.15, 0.2) is 55.0 Å². The van der Waals surface area contributed by atoms with E-state index in [1.54, 1.807) is 29.2 Å². The maximum absolute atomic E-state index is 12.8. The largest absolute Gasteiger partial charge is 0.357 e. The summed E-state index contributed by atoms with van der Waals surface area (Å²) < 4.78 is 1.58. The maximum atomic E-state index is 12.8. The minimum absolute atomic E-state index is 0.205. The molecule has 4 heterocycles. The van der Waals surface area contributed by atoms with Crippen molar-refractivity contribution in [3.05, 3.63) is 66.2 Å². The van der Waals surface area contributed by atoms with Crippen molar-refractivity contribution in [2.24, 2.45) is 0 Å². The summed E-state index contributed by atoms with van der Waals surface area (Å²) in [4.78, 5) is 23.2. The number of pyridine rings is 1. The number of nitrogens with one attached hydrogen (secondary N) is 2. The lowest BCUT2D eigenvalue weighted by Crippen LogP contribution is -2.37. The van der Waals surface area contributed by atoms with E-state index < -0.39 is 0 Å². The van der Waals surface area contributed by atoms with E-state index in [4.69, 9.17) is 5.26 Å². The van der Waals surface area contributed by atoms with Gasteiger partial charge in [-0.2, -0.15) is 10.4 Å². The zero-order chi connectivity index (χ0) is 23.7. The summed E-state index contributed by atoms with van der Waals surface area (Å²) in [5, 5.41) is 16.9. The van der Waals surface area contributed by atoms with Crippen molar-refractivity contribution in [1.82, 2.24) is 24.6 Å². The van der Waals surface area contributed by atoms with Gasteiger partial charge in [-0.3, -0.25) is 14.4 Å².